The van der Waals surface area contributed by atoms with E-state index in [2.05, 4.69) is 30.1 Å². The number of aromatic nitrogens is 3. The van der Waals surface area contributed by atoms with E-state index in [-0.39, 0.29) is 5.97 Å². The van der Waals surface area contributed by atoms with E-state index in [0.29, 0.717) is 28.3 Å². The van der Waals surface area contributed by atoms with Crippen LogP contribution in [0.5, 0.6) is 0 Å². The van der Waals surface area contributed by atoms with Gasteiger partial charge in [0.15, 0.2) is 5.13 Å². The summed E-state index contributed by atoms with van der Waals surface area (Å²) in [6.07, 6.45) is 3.56. The Morgan fingerprint density at radius 2 is 2.10 bits per heavy atom. The number of piperazine rings is 1. The van der Waals surface area contributed by atoms with Gasteiger partial charge in [0.25, 0.3) is 0 Å². The van der Waals surface area contributed by atoms with Crippen molar-refractivity contribution >= 4 is 45.8 Å². The number of esters is 1. The van der Waals surface area contributed by atoms with Gasteiger partial charge in [-0.15, -0.1) is 11.8 Å². The summed E-state index contributed by atoms with van der Waals surface area (Å²) in [6, 6.07) is 1.93. The van der Waals surface area contributed by atoms with Crippen LogP contribution >= 0.6 is 23.1 Å². The molecule has 11 heteroatoms. The van der Waals surface area contributed by atoms with Crippen molar-refractivity contribution in [2.45, 2.75) is 13.8 Å². The lowest BCUT2D eigenvalue weighted by atomic mass is 10.3. The first kappa shape index (κ1) is 22.7. The Kier molecular flexibility index (Phi) is 8.67. The summed E-state index contributed by atoms with van der Waals surface area (Å²) in [5.41, 5.74) is 0. The fourth-order valence-electron chi connectivity index (χ4n) is 3.05. The van der Waals surface area contributed by atoms with Gasteiger partial charge in [-0.3, -0.25) is 4.90 Å². The van der Waals surface area contributed by atoms with Crippen LogP contribution in [0.25, 0.3) is 0 Å². The summed E-state index contributed by atoms with van der Waals surface area (Å²) in [4.78, 5) is 30.3. The third kappa shape index (κ3) is 6.53. The molecule has 1 aliphatic heterocycles. The van der Waals surface area contributed by atoms with Crippen molar-refractivity contribution in [3.63, 3.8) is 0 Å². The first-order valence-electron chi connectivity index (χ1n) is 9.88. The molecular formula is C19H28N6O3S2. The highest BCUT2D eigenvalue weighted by Gasteiger charge is 2.19. The molecule has 0 atom stereocenters. The molecule has 1 aliphatic rings. The molecule has 2 aromatic heterocycles. The molecule has 0 saturated carbocycles. The van der Waals surface area contributed by atoms with E-state index >= 15 is 0 Å². The molecule has 0 aromatic carbocycles. The molecule has 1 N–H and O–H groups in total. The smallest absolute Gasteiger partial charge is 0.350 e. The molecule has 164 valence electrons. The van der Waals surface area contributed by atoms with Gasteiger partial charge in [0.05, 0.1) is 25.3 Å². The number of thiazole rings is 1. The molecule has 2 aromatic rings. The predicted molar refractivity (Wildman–Crippen MR) is 121 cm³/mol. The zero-order chi connectivity index (χ0) is 21.3. The molecule has 0 spiro atoms. The zero-order valence-corrected chi connectivity index (χ0v) is 19.2. The van der Waals surface area contributed by atoms with Gasteiger partial charge in [-0.25, -0.2) is 19.7 Å². The summed E-state index contributed by atoms with van der Waals surface area (Å²) in [5.74, 6) is 2.63. The topological polar surface area (TPSA) is 92.7 Å². The highest BCUT2D eigenvalue weighted by atomic mass is 32.2. The Balaban J connectivity index is 1.57. The molecule has 0 amide bonds. The van der Waals surface area contributed by atoms with E-state index in [1.807, 2.05) is 19.2 Å². The second kappa shape index (κ2) is 11.4. The third-order valence-corrected chi connectivity index (χ3v) is 5.79. The van der Waals surface area contributed by atoms with E-state index in [9.17, 15) is 4.79 Å². The van der Waals surface area contributed by atoms with Crippen LogP contribution in [-0.2, 0) is 9.47 Å². The Bertz CT molecular complexity index is 826. The fraction of sp³-hybridized carbons (Fsp3) is 0.579. The van der Waals surface area contributed by atoms with Crippen molar-refractivity contribution in [2.24, 2.45) is 0 Å². The lowest BCUT2D eigenvalue weighted by molar-refractivity contribution is 0.0532. The zero-order valence-electron chi connectivity index (χ0n) is 17.6. The van der Waals surface area contributed by atoms with Crippen molar-refractivity contribution in [1.82, 2.24) is 19.9 Å². The Labute approximate surface area is 185 Å². The van der Waals surface area contributed by atoms with E-state index in [4.69, 9.17) is 9.47 Å². The number of hydrogen-bond acceptors (Lipinski definition) is 11. The maximum atomic E-state index is 11.8. The Morgan fingerprint density at radius 1 is 1.30 bits per heavy atom. The quantitative estimate of drug-likeness (QED) is 0.329. The maximum absolute atomic E-state index is 11.8. The number of ether oxygens (including phenoxy) is 2. The Hall–Kier alpha value is -1.95. The summed E-state index contributed by atoms with van der Waals surface area (Å²) in [6.45, 7) is 9.48. The summed E-state index contributed by atoms with van der Waals surface area (Å²) < 4.78 is 10.6. The van der Waals surface area contributed by atoms with Gasteiger partial charge in [0.2, 0.25) is 0 Å². The van der Waals surface area contributed by atoms with Gasteiger partial charge in [-0.05, 0) is 20.1 Å². The second-order valence-electron chi connectivity index (χ2n) is 6.68. The van der Waals surface area contributed by atoms with Gasteiger partial charge in [0.1, 0.15) is 22.3 Å². The average Bonchev–Trinajstić information content (AvgIpc) is 3.20. The first-order valence-corrected chi connectivity index (χ1v) is 12.1. The van der Waals surface area contributed by atoms with E-state index in [1.54, 1.807) is 18.7 Å². The third-order valence-electron chi connectivity index (χ3n) is 4.49. The number of rotatable bonds is 10. The molecule has 0 bridgehead atoms. The predicted octanol–water partition coefficient (Wildman–Crippen LogP) is 2.62. The van der Waals surface area contributed by atoms with Crippen molar-refractivity contribution in [3.05, 3.63) is 23.0 Å². The van der Waals surface area contributed by atoms with Crippen LogP contribution in [0, 0.1) is 6.92 Å². The minimum atomic E-state index is -0.362. The number of anilines is 3. The fourth-order valence-corrected chi connectivity index (χ4v) is 4.05. The van der Waals surface area contributed by atoms with E-state index < -0.39 is 0 Å². The average molecular weight is 453 g/mol. The van der Waals surface area contributed by atoms with E-state index in [1.165, 1.54) is 17.5 Å². The maximum Gasteiger partial charge on any atom is 0.350 e. The summed E-state index contributed by atoms with van der Waals surface area (Å²) in [7, 11) is 0. The summed E-state index contributed by atoms with van der Waals surface area (Å²) in [5, 5.41) is 3.78. The standard InChI is InChI=1S/C19H28N6O3S2/c1-4-28-18(26)15-12-20-19(30-15)23-16-11-17(22-14(2)21-16)25-7-5-24(6-8-25)9-10-27-13-29-3/h11-12H,4-10,13H2,1-3H3,(H,20,21,22,23). The molecule has 0 radical (unpaired) electrons. The van der Waals surface area contributed by atoms with Gasteiger partial charge < -0.3 is 19.7 Å². The van der Waals surface area contributed by atoms with Crippen LogP contribution in [0.3, 0.4) is 0 Å². The highest BCUT2D eigenvalue weighted by molar-refractivity contribution is 7.98. The minimum Gasteiger partial charge on any atom is -0.462 e. The van der Waals surface area contributed by atoms with Crippen molar-refractivity contribution in [3.8, 4) is 0 Å². The van der Waals surface area contributed by atoms with Crippen LogP contribution in [0.4, 0.5) is 16.8 Å². The van der Waals surface area contributed by atoms with Crippen molar-refractivity contribution in [1.29, 1.82) is 0 Å². The van der Waals surface area contributed by atoms with Crippen LogP contribution < -0.4 is 10.2 Å². The monoisotopic (exact) mass is 452 g/mol. The number of nitrogens with zero attached hydrogens (tertiary/aromatic N) is 5. The van der Waals surface area contributed by atoms with Gasteiger partial charge in [0, 0.05) is 38.8 Å². The molecule has 0 unspecified atom stereocenters. The summed E-state index contributed by atoms with van der Waals surface area (Å²) >= 11 is 2.94. The van der Waals surface area contributed by atoms with Gasteiger partial charge >= 0.3 is 5.97 Å². The van der Waals surface area contributed by atoms with Crippen LogP contribution in [0.15, 0.2) is 12.3 Å². The number of aryl methyl sites for hydroxylation is 1. The molecule has 1 fully saturated rings. The number of nitrogens with one attached hydrogen (secondary N) is 1. The first-order chi connectivity index (χ1) is 14.6. The number of thioether (sulfide) groups is 1. The molecular weight excluding hydrogens is 424 g/mol. The normalized spacial score (nSPS) is 14.7. The molecule has 1 saturated heterocycles. The van der Waals surface area contributed by atoms with Gasteiger partial charge in [-0.2, -0.15) is 0 Å². The number of hydrogen-bond donors (Lipinski definition) is 1. The van der Waals surface area contributed by atoms with Crippen LogP contribution in [0.2, 0.25) is 0 Å². The highest BCUT2D eigenvalue weighted by Crippen LogP contribution is 2.24. The molecule has 3 heterocycles. The molecule has 3 rings (SSSR count). The van der Waals surface area contributed by atoms with Crippen molar-refractivity contribution < 1.29 is 14.3 Å². The second-order valence-corrected chi connectivity index (χ2v) is 8.52. The molecule has 30 heavy (non-hydrogen) atoms. The lowest BCUT2D eigenvalue weighted by Crippen LogP contribution is -2.47. The van der Waals surface area contributed by atoms with Crippen LogP contribution in [0.1, 0.15) is 22.4 Å². The molecule has 9 nitrogen and oxygen atoms in total. The molecule has 0 aliphatic carbocycles. The van der Waals surface area contributed by atoms with Gasteiger partial charge in [-0.1, -0.05) is 11.3 Å². The van der Waals surface area contributed by atoms with E-state index in [0.717, 1.165) is 51.1 Å². The minimum absolute atomic E-state index is 0.339. The lowest BCUT2D eigenvalue weighted by Gasteiger charge is -2.35. The SMILES string of the molecule is CCOC(=O)c1cnc(Nc2cc(N3CCN(CCOCSC)CC3)nc(C)n2)s1. The largest absolute Gasteiger partial charge is 0.462 e. The Morgan fingerprint density at radius 3 is 2.83 bits per heavy atom. The number of carbonyl (C=O) groups excluding carboxylic acids is 1. The number of carbonyl (C=O) groups is 1. The van der Waals surface area contributed by atoms with Crippen molar-refractivity contribution in [2.75, 3.05) is 68.3 Å². The van der Waals surface area contributed by atoms with Crippen LogP contribution in [-0.4, -0.2) is 84.0 Å².